The van der Waals surface area contributed by atoms with Gasteiger partial charge < -0.3 is 23.7 Å². The van der Waals surface area contributed by atoms with Crippen molar-refractivity contribution in [3.63, 3.8) is 0 Å². The molecule has 44 heavy (non-hydrogen) atoms. The Bertz CT molecular complexity index is 1520. The summed E-state index contributed by atoms with van der Waals surface area (Å²) in [6.07, 6.45) is -2.35. The van der Waals surface area contributed by atoms with Gasteiger partial charge in [0.25, 0.3) is 0 Å². The molecule has 4 rings (SSSR count). The van der Waals surface area contributed by atoms with Crippen LogP contribution in [0.1, 0.15) is 33.7 Å². The van der Waals surface area contributed by atoms with E-state index in [1.807, 2.05) is 0 Å². The number of carbonyl (C=O) groups excluding carboxylic acids is 3. The predicted octanol–water partition coefficient (Wildman–Crippen LogP) is 4.90. The highest BCUT2D eigenvalue weighted by Gasteiger charge is 2.52. The Labute approximate surface area is 258 Å². The zero-order valence-electron chi connectivity index (χ0n) is 23.8. The molecule has 16 heteroatoms. The molecule has 2 aromatic carbocycles. The van der Waals surface area contributed by atoms with Gasteiger partial charge in [0.15, 0.2) is 29.7 Å². The maximum atomic E-state index is 14.0. The van der Waals surface area contributed by atoms with Gasteiger partial charge in [-0.2, -0.15) is 0 Å². The Morgan fingerprint density at radius 2 is 1.66 bits per heavy atom. The largest absolute Gasteiger partial charge is 0.492 e. The highest BCUT2D eigenvalue weighted by atomic mass is 35.5. The van der Waals surface area contributed by atoms with Crippen LogP contribution >= 0.6 is 23.4 Å². The first-order valence-electron chi connectivity index (χ1n) is 13.2. The number of hydrogen-bond donors (Lipinski definition) is 0. The molecule has 11 nitrogen and oxygen atoms in total. The molecule has 5 atom stereocenters. The fourth-order valence-electron chi connectivity index (χ4n) is 4.50. The van der Waals surface area contributed by atoms with Crippen molar-refractivity contribution in [2.75, 3.05) is 13.2 Å². The van der Waals surface area contributed by atoms with E-state index in [0.29, 0.717) is 22.3 Å². The van der Waals surface area contributed by atoms with Gasteiger partial charge in [-0.1, -0.05) is 28.6 Å². The minimum Gasteiger partial charge on any atom is -0.492 e. The van der Waals surface area contributed by atoms with Crippen LogP contribution in [0, 0.1) is 17.5 Å². The summed E-state index contributed by atoms with van der Waals surface area (Å²) in [5.41, 5.74) is -1.24. The summed E-state index contributed by atoms with van der Waals surface area (Å²) in [6.45, 7) is 5.31. The highest BCUT2D eigenvalue weighted by Crippen LogP contribution is 2.42. The number of halogens is 4. The monoisotopic (exact) mass is 657 g/mol. The van der Waals surface area contributed by atoms with Crippen molar-refractivity contribution in [3.05, 3.63) is 59.0 Å². The van der Waals surface area contributed by atoms with Gasteiger partial charge in [0, 0.05) is 31.2 Å². The Morgan fingerprint density at radius 1 is 1.00 bits per heavy atom. The molecule has 1 aliphatic heterocycles. The molecule has 3 aromatic rings. The fourth-order valence-corrected chi connectivity index (χ4v) is 5.95. The van der Waals surface area contributed by atoms with Crippen LogP contribution in [0.4, 0.5) is 13.2 Å². The molecule has 2 heterocycles. The minimum absolute atomic E-state index is 0.0727. The third-order valence-electron chi connectivity index (χ3n) is 6.22. The van der Waals surface area contributed by atoms with E-state index in [1.54, 1.807) is 25.1 Å². The third-order valence-corrected chi connectivity index (χ3v) is 7.66. The van der Waals surface area contributed by atoms with Gasteiger partial charge in [0.2, 0.25) is 0 Å². The average molecular weight is 658 g/mol. The average Bonchev–Trinajstić information content (AvgIpc) is 3.43. The number of ether oxygens (including phenoxy) is 5. The molecule has 0 amide bonds. The Balaban J connectivity index is 1.80. The van der Waals surface area contributed by atoms with Gasteiger partial charge in [-0.3, -0.25) is 14.4 Å². The van der Waals surface area contributed by atoms with E-state index < -0.39 is 65.1 Å². The first-order valence-corrected chi connectivity index (χ1v) is 14.4. The number of thioether (sulfide) groups is 1. The molecule has 0 unspecified atom stereocenters. The molecule has 0 bridgehead atoms. The zero-order chi connectivity index (χ0) is 32.1. The zero-order valence-corrected chi connectivity index (χ0v) is 25.4. The molecule has 0 aliphatic carbocycles. The molecule has 0 spiro atoms. The molecule has 236 valence electrons. The van der Waals surface area contributed by atoms with Gasteiger partial charge in [-0.25, -0.2) is 17.9 Å². The van der Waals surface area contributed by atoms with Gasteiger partial charge in [0.05, 0.1) is 17.8 Å². The van der Waals surface area contributed by atoms with Crippen LogP contribution in [0.5, 0.6) is 5.75 Å². The maximum Gasteiger partial charge on any atom is 0.303 e. The second kappa shape index (κ2) is 14.3. The molecule has 0 saturated carbocycles. The van der Waals surface area contributed by atoms with Gasteiger partial charge in [-0.05, 0) is 37.3 Å². The second-order valence-corrected chi connectivity index (χ2v) is 11.0. The van der Waals surface area contributed by atoms with Crippen molar-refractivity contribution in [2.24, 2.45) is 0 Å². The van der Waals surface area contributed by atoms with Crippen molar-refractivity contribution < 1.29 is 51.2 Å². The summed E-state index contributed by atoms with van der Waals surface area (Å²) in [4.78, 5) is 36.9. The van der Waals surface area contributed by atoms with Gasteiger partial charge in [0.1, 0.15) is 35.6 Å². The number of rotatable bonds is 10. The third kappa shape index (κ3) is 7.81. The van der Waals surface area contributed by atoms with Crippen molar-refractivity contribution >= 4 is 41.3 Å². The van der Waals surface area contributed by atoms with Gasteiger partial charge >= 0.3 is 17.9 Å². The van der Waals surface area contributed by atoms with Crippen LogP contribution < -0.4 is 4.74 Å². The van der Waals surface area contributed by atoms with Crippen LogP contribution in [0.2, 0.25) is 5.02 Å². The molecule has 1 aliphatic rings. The van der Waals surface area contributed by atoms with Crippen molar-refractivity contribution in [1.82, 2.24) is 15.0 Å². The summed E-state index contributed by atoms with van der Waals surface area (Å²) in [6, 6.07) is 5.28. The Kier molecular flexibility index (Phi) is 10.8. The number of aromatic nitrogens is 3. The lowest BCUT2D eigenvalue weighted by atomic mass is 9.96. The number of nitrogens with zero attached hydrogens (tertiary/aromatic N) is 3. The van der Waals surface area contributed by atoms with Crippen molar-refractivity contribution in [3.8, 4) is 17.0 Å². The van der Waals surface area contributed by atoms with E-state index >= 15 is 0 Å². The Hall–Kier alpha value is -3.82. The quantitative estimate of drug-likeness (QED) is 0.168. The lowest BCUT2D eigenvalue weighted by Gasteiger charge is -2.44. The maximum absolute atomic E-state index is 14.0. The number of hydrogen-bond acceptors (Lipinski definition) is 11. The molecule has 1 saturated heterocycles. The Morgan fingerprint density at radius 3 is 2.25 bits per heavy atom. The number of carbonyl (C=O) groups is 3. The first kappa shape index (κ1) is 33.1. The predicted molar refractivity (Wildman–Crippen MR) is 149 cm³/mol. The summed E-state index contributed by atoms with van der Waals surface area (Å²) in [5, 5.41) is 8.33. The fraction of sp³-hybridized carbons (Fsp3) is 0.393. The summed E-state index contributed by atoms with van der Waals surface area (Å²) in [5.74, 6) is -6.19. The molecule has 0 N–H and O–H groups in total. The van der Waals surface area contributed by atoms with Crippen LogP contribution in [0.3, 0.4) is 0 Å². The smallest absolute Gasteiger partial charge is 0.303 e. The van der Waals surface area contributed by atoms with Crippen LogP contribution in [-0.2, 0) is 33.3 Å². The second-order valence-electron chi connectivity index (χ2n) is 9.46. The molecule has 0 radical (unpaired) electrons. The van der Waals surface area contributed by atoms with E-state index in [4.69, 9.17) is 35.3 Å². The molecule has 1 fully saturated rings. The SMILES string of the molecule is CCOc1ccc(S[C@H]2O[C@H](COC(C)=O)[C@H](OC(C)=O)[C@H](n3cc(-c4cc(F)c(F)c(F)c4)nn3)[C@H]2OC(C)=O)cc1Cl. The molecular formula is C28H27ClF3N3O8S. The van der Waals surface area contributed by atoms with E-state index in [2.05, 4.69) is 10.3 Å². The normalized spacial score (nSPS) is 21.4. The van der Waals surface area contributed by atoms with Crippen molar-refractivity contribution in [1.29, 1.82) is 0 Å². The highest BCUT2D eigenvalue weighted by molar-refractivity contribution is 7.99. The topological polar surface area (TPSA) is 128 Å². The first-order chi connectivity index (χ1) is 20.9. The van der Waals surface area contributed by atoms with E-state index in [0.717, 1.165) is 37.7 Å². The molecular weight excluding hydrogens is 631 g/mol. The number of esters is 3. The van der Waals surface area contributed by atoms with Crippen LogP contribution in [-0.4, -0.2) is 69.9 Å². The minimum atomic E-state index is -1.65. The summed E-state index contributed by atoms with van der Waals surface area (Å²) >= 11 is 7.48. The van der Waals surface area contributed by atoms with Crippen LogP contribution in [0.15, 0.2) is 41.4 Å². The summed E-state index contributed by atoms with van der Waals surface area (Å²) < 4.78 is 70.9. The standard InChI is InChI=1S/C28H27ClF3N3O8S/c1-5-39-22-7-6-17(10-18(22)29)44-28-27(42-15(4)38)25(26(41-14(3)37)23(43-28)12-40-13(2)36)35-11-21(33-34-35)16-8-19(30)24(32)20(31)9-16/h6-11,23,25-28H,5,12H2,1-4H3/t23-,25+,26+,27-,28-/m1/s1. The van der Waals surface area contributed by atoms with E-state index in [1.165, 1.54) is 17.8 Å². The number of benzene rings is 2. The lowest BCUT2D eigenvalue weighted by Crippen LogP contribution is -2.57. The van der Waals surface area contributed by atoms with E-state index in [-0.39, 0.29) is 17.9 Å². The summed E-state index contributed by atoms with van der Waals surface area (Å²) in [7, 11) is 0. The van der Waals surface area contributed by atoms with Gasteiger partial charge in [-0.15, -0.1) is 5.10 Å². The van der Waals surface area contributed by atoms with Crippen LogP contribution in [0.25, 0.3) is 11.3 Å². The van der Waals surface area contributed by atoms with E-state index in [9.17, 15) is 27.6 Å². The van der Waals surface area contributed by atoms with Crippen molar-refractivity contribution in [2.45, 2.75) is 62.4 Å². The molecule has 1 aromatic heterocycles. The lowest BCUT2D eigenvalue weighted by molar-refractivity contribution is -0.212.